The molecule has 1 aromatic carbocycles. The van der Waals surface area contributed by atoms with E-state index in [0.717, 1.165) is 10.2 Å². The van der Waals surface area contributed by atoms with Gasteiger partial charge in [0.15, 0.2) is 0 Å². The number of rotatable bonds is 1. The van der Waals surface area contributed by atoms with Gasteiger partial charge in [0.25, 0.3) is 0 Å². The van der Waals surface area contributed by atoms with Crippen molar-refractivity contribution in [2.75, 3.05) is 5.73 Å². The van der Waals surface area contributed by atoms with E-state index in [0.29, 0.717) is 10.8 Å². The molecule has 2 aromatic rings. The summed E-state index contributed by atoms with van der Waals surface area (Å²) in [5, 5.41) is 4.69. The molecule has 1 heterocycles. The minimum Gasteiger partial charge on any atom is -0.382 e. The number of nitrogen functional groups attached to an aromatic ring is 1. The van der Waals surface area contributed by atoms with Crippen LogP contribution in [0.1, 0.15) is 0 Å². The lowest BCUT2D eigenvalue weighted by molar-refractivity contribution is 0.886. The lowest BCUT2D eigenvalue weighted by Gasteiger charge is -2.03. The highest BCUT2D eigenvalue weighted by atomic mass is 79.9. The average Bonchev–Trinajstić information content (AvgIpc) is 2.51. The van der Waals surface area contributed by atoms with Gasteiger partial charge in [-0.3, -0.25) is 0 Å². The summed E-state index contributed by atoms with van der Waals surface area (Å²) >= 11 is 9.38. The molecule has 5 heteroatoms. The second kappa shape index (κ2) is 3.63. The van der Waals surface area contributed by atoms with Crippen molar-refractivity contribution in [2.45, 2.75) is 0 Å². The molecule has 0 saturated carbocycles. The van der Waals surface area contributed by atoms with Crippen LogP contribution in [0, 0.1) is 0 Å². The SMILES string of the molecule is Nc1ccn(-c2ccc(Br)cc2Cl)n1. The molecule has 0 unspecified atom stereocenters. The van der Waals surface area contributed by atoms with Crippen LogP contribution in [0.25, 0.3) is 5.69 Å². The Labute approximate surface area is 94.6 Å². The van der Waals surface area contributed by atoms with E-state index in [1.54, 1.807) is 16.9 Å². The number of nitrogens with zero attached hydrogens (tertiary/aromatic N) is 2. The fourth-order valence-electron chi connectivity index (χ4n) is 1.14. The maximum absolute atomic E-state index is 6.04. The van der Waals surface area contributed by atoms with Crippen LogP contribution in [-0.2, 0) is 0 Å². The van der Waals surface area contributed by atoms with E-state index in [9.17, 15) is 0 Å². The molecule has 14 heavy (non-hydrogen) atoms. The van der Waals surface area contributed by atoms with Gasteiger partial charge in [-0.15, -0.1) is 0 Å². The van der Waals surface area contributed by atoms with Gasteiger partial charge in [-0.05, 0) is 18.2 Å². The minimum absolute atomic E-state index is 0.476. The van der Waals surface area contributed by atoms with E-state index < -0.39 is 0 Å². The number of benzene rings is 1. The molecule has 1 aromatic heterocycles. The second-order valence-corrected chi connectivity index (χ2v) is 4.10. The van der Waals surface area contributed by atoms with E-state index in [-0.39, 0.29) is 0 Å². The van der Waals surface area contributed by atoms with Crippen molar-refractivity contribution in [3.8, 4) is 5.69 Å². The monoisotopic (exact) mass is 271 g/mol. The van der Waals surface area contributed by atoms with Gasteiger partial charge >= 0.3 is 0 Å². The van der Waals surface area contributed by atoms with E-state index in [1.165, 1.54) is 0 Å². The summed E-state index contributed by atoms with van der Waals surface area (Å²) in [5.41, 5.74) is 6.32. The first kappa shape index (κ1) is 9.55. The summed E-state index contributed by atoms with van der Waals surface area (Å²) < 4.78 is 2.58. The quantitative estimate of drug-likeness (QED) is 0.867. The Kier molecular flexibility index (Phi) is 2.48. The van der Waals surface area contributed by atoms with Crippen molar-refractivity contribution in [1.82, 2.24) is 9.78 Å². The molecular formula is C9H7BrClN3. The number of nitrogens with two attached hydrogens (primary N) is 1. The minimum atomic E-state index is 0.476. The predicted octanol–water partition coefficient (Wildman–Crippen LogP) is 2.87. The normalized spacial score (nSPS) is 10.4. The lowest BCUT2D eigenvalue weighted by atomic mass is 10.3. The molecular weight excluding hydrogens is 265 g/mol. The summed E-state index contributed by atoms with van der Waals surface area (Å²) in [4.78, 5) is 0. The zero-order chi connectivity index (χ0) is 10.1. The van der Waals surface area contributed by atoms with Gasteiger partial charge in [0.05, 0.1) is 10.7 Å². The van der Waals surface area contributed by atoms with Gasteiger partial charge in [0.1, 0.15) is 5.82 Å². The van der Waals surface area contributed by atoms with Crippen molar-refractivity contribution in [3.05, 3.63) is 40.0 Å². The van der Waals surface area contributed by atoms with Crippen LogP contribution in [0.4, 0.5) is 5.82 Å². The Morgan fingerprint density at radius 3 is 2.71 bits per heavy atom. The van der Waals surface area contributed by atoms with Gasteiger partial charge in [-0.1, -0.05) is 27.5 Å². The van der Waals surface area contributed by atoms with E-state index in [2.05, 4.69) is 21.0 Å². The molecule has 0 bridgehead atoms. The largest absolute Gasteiger partial charge is 0.382 e. The van der Waals surface area contributed by atoms with Crippen LogP contribution in [0.5, 0.6) is 0 Å². The Morgan fingerprint density at radius 2 is 2.14 bits per heavy atom. The Morgan fingerprint density at radius 1 is 1.36 bits per heavy atom. The first-order valence-corrected chi connectivity index (χ1v) is 5.10. The summed E-state index contributed by atoms with van der Waals surface area (Å²) in [5.74, 6) is 0.476. The third-order valence-corrected chi connectivity index (χ3v) is 2.56. The highest BCUT2D eigenvalue weighted by Gasteiger charge is 2.03. The van der Waals surface area contributed by atoms with Crippen LogP contribution in [0.2, 0.25) is 5.02 Å². The first-order valence-electron chi connectivity index (χ1n) is 3.93. The third kappa shape index (κ3) is 1.76. The highest BCUT2D eigenvalue weighted by Crippen LogP contribution is 2.24. The van der Waals surface area contributed by atoms with Crippen molar-refractivity contribution < 1.29 is 0 Å². The second-order valence-electron chi connectivity index (χ2n) is 2.78. The first-order chi connectivity index (χ1) is 6.66. The van der Waals surface area contributed by atoms with E-state index >= 15 is 0 Å². The van der Waals surface area contributed by atoms with E-state index in [1.807, 2.05) is 18.2 Å². The topological polar surface area (TPSA) is 43.8 Å². The molecule has 0 aliphatic heterocycles. The average molecular weight is 273 g/mol. The maximum atomic E-state index is 6.04. The molecule has 0 radical (unpaired) electrons. The van der Waals surface area contributed by atoms with Crippen LogP contribution in [-0.4, -0.2) is 9.78 Å². The van der Waals surface area contributed by atoms with Crippen LogP contribution >= 0.6 is 27.5 Å². The van der Waals surface area contributed by atoms with Gasteiger partial charge in [0.2, 0.25) is 0 Å². The van der Waals surface area contributed by atoms with E-state index in [4.69, 9.17) is 17.3 Å². The summed E-state index contributed by atoms with van der Waals surface area (Å²) in [6.07, 6.45) is 1.77. The smallest absolute Gasteiger partial charge is 0.145 e. The molecule has 0 atom stereocenters. The third-order valence-electron chi connectivity index (χ3n) is 1.77. The number of hydrogen-bond donors (Lipinski definition) is 1. The molecule has 3 nitrogen and oxygen atoms in total. The summed E-state index contributed by atoms with van der Waals surface area (Å²) in [6, 6.07) is 7.31. The fraction of sp³-hybridized carbons (Fsp3) is 0. The predicted molar refractivity (Wildman–Crippen MR) is 60.7 cm³/mol. The van der Waals surface area contributed by atoms with Gasteiger partial charge in [0, 0.05) is 16.7 Å². The molecule has 0 amide bonds. The van der Waals surface area contributed by atoms with Gasteiger partial charge in [-0.25, -0.2) is 4.68 Å². The molecule has 0 saturated heterocycles. The summed E-state index contributed by atoms with van der Waals surface area (Å²) in [6.45, 7) is 0. The van der Waals surface area contributed by atoms with Crippen LogP contribution in [0.3, 0.4) is 0 Å². The fourth-order valence-corrected chi connectivity index (χ4v) is 1.90. The van der Waals surface area contributed by atoms with Gasteiger partial charge < -0.3 is 5.73 Å². The maximum Gasteiger partial charge on any atom is 0.145 e. The lowest BCUT2D eigenvalue weighted by Crippen LogP contribution is -1.96. The Bertz CT molecular complexity index is 467. The molecule has 0 spiro atoms. The number of aromatic nitrogens is 2. The Hall–Kier alpha value is -1.00. The number of halogens is 2. The standard InChI is InChI=1S/C9H7BrClN3/c10-6-1-2-8(7(11)5-6)14-4-3-9(12)13-14/h1-5H,(H2,12,13). The number of anilines is 1. The molecule has 2 rings (SSSR count). The van der Waals surface area contributed by atoms with Crippen molar-refractivity contribution in [2.24, 2.45) is 0 Å². The molecule has 0 fully saturated rings. The zero-order valence-corrected chi connectivity index (χ0v) is 9.46. The van der Waals surface area contributed by atoms with Crippen LogP contribution < -0.4 is 5.73 Å². The molecule has 2 N–H and O–H groups in total. The van der Waals surface area contributed by atoms with Gasteiger partial charge in [-0.2, -0.15) is 5.10 Å². The van der Waals surface area contributed by atoms with Crippen molar-refractivity contribution >= 4 is 33.3 Å². The van der Waals surface area contributed by atoms with Crippen LogP contribution in [0.15, 0.2) is 34.9 Å². The Balaban J connectivity index is 2.52. The van der Waals surface area contributed by atoms with Crippen molar-refractivity contribution in [1.29, 1.82) is 0 Å². The number of hydrogen-bond acceptors (Lipinski definition) is 2. The molecule has 0 aliphatic rings. The molecule has 0 aliphatic carbocycles. The van der Waals surface area contributed by atoms with Crippen molar-refractivity contribution in [3.63, 3.8) is 0 Å². The summed E-state index contributed by atoms with van der Waals surface area (Å²) in [7, 11) is 0. The molecule has 72 valence electrons. The highest BCUT2D eigenvalue weighted by molar-refractivity contribution is 9.10. The zero-order valence-electron chi connectivity index (χ0n) is 7.11.